The van der Waals surface area contributed by atoms with Gasteiger partial charge in [0.15, 0.2) is 0 Å². The summed E-state index contributed by atoms with van der Waals surface area (Å²) in [5.41, 5.74) is 0. The number of amides is 1. The first-order valence-corrected chi connectivity index (χ1v) is 7.65. The maximum Gasteiger partial charge on any atom is 0.264 e. The molecule has 0 N–H and O–H groups in total. The molecule has 0 spiro atoms. The minimum absolute atomic E-state index is 0.0986. The Kier molecular flexibility index (Phi) is 3.18. The van der Waals surface area contributed by atoms with E-state index < -0.39 is 0 Å². The average Bonchev–Trinajstić information content (AvgIpc) is 2.84. The molecule has 1 fully saturated rings. The molecule has 2 aromatic rings. The van der Waals surface area contributed by atoms with Crippen LogP contribution in [0.2, 0.25) is 0 Å². The fourth-order valence-electron chi connectivity index (χ4n) is 2.24. The first-order valence-electron chi connectivity index (χ1n) is 5.97. The molecule has 0 bridgehead atoms. The lowest BCUT2D eigenvalue weighted by Crippen LogP contribution is -2.51. The molecule has 0 unspecified atom stereocenters. The quantitative estimate of drug-likeness (QED) is 0.843. The molecule has 1 saturated heterocycles. The third-order valence-corrected chi connectivity index (χ3v) is 4.86. The second-order valence-electron chi connectivity index (χ2n) is 4.64. The van der Waals surface area contributed by atoms with Gasteiger partial charge in [0.2, 0.25) is 0 Å². The number of likely N-dealkylation sites (tertiary alicyclic amines) is 1. The van der Waals surface area contributed by atoms with Crippen LogP contribution in [0.1, 0.15) is 27.4 Å². The molecule has 100 valence electrons. The van der Waals surface area contributed by atoms with Crippen molar-refractivity contribution >= 4 is 33.2 Å². The van der Waals surface area contributed by atoms with Crippen LogP contribution in [0.3, 0.4) is 0 Å². The lowest BCUT2D eigenvalue weighted by atomic mass is 10.1. The van der Waals surface area contributed by atoms with Gasteiger partial charge in [-0.2, -0.15) is 5.10 Å². The lowest BCUT2D eigenvalue weighted by molar-refractivity contribution is 0.0502. The number of aryl methyl sites for hydroxylation is 2. The van der Waals surface area contributed by atoms with Gasteiger partial charge in [-0.3, -0.25) is 4.79 Å². The fourth-order valence-corrected chi connectivity index (χ4v) is 3.63. The van der Waals surface area contributed by atoms with Gasteiger partial charge in [-0.15, -0.1) is 11.3 Å². The third kappa shape index (κ3) is 2.32. The van der Waals surface area contributed by atoms with Gasteiger partial charge in [-0.1, -0.05) is 0 Å². The standard InChI is InChI=1S/C12H13BrN4OS/c1-7-14-8(2)17(15-7)10-4-16(5-10)12(18)11-3-9(13)6-19-11/h3,6,10H,4-5H2,1-2H3. The molecule has 3 rings (SSSR count). The Morgan fingerprint density at radius 2 is 2.21 bits per heavy atom. The Bertz CT molecular complexity index is 629. The van der Waals surface area contributed by atoms with Crippen LogP contribution >= 0.6 is 27.3 Å². The van der Waals surface area contributed by atoms with Crippen molar-refractivity contribution in [2.45, 2.75) is 19.9 Å². The van der Waals surface area contributed by atoms with Crippen LogP contribution < -0.4 is 0 Å². The van der Waals surface area contributed by atoms with Crippen LogP contribution in [-0.2, 0) is 0 Å². The lowest BCUT2D eigenvalue weighted by Gasteiger charge is -2.39. The first kappa shape index (κ1) is 12.8. The molecule has 5 nitrogen and oxygen atoms in total. The first-order chi connectivity index (χ1) is 9.04. The summed E-state index contributed by atoms with van der Waals surface area (Å²) >= 11 is 4.83. The molecule has 19 heavy (non-hydrogen) atoms. The monoisotopic (exact) mass is 340 g/mol. The molecule has 0 saturated carbocycles. The van der Waals surface area contributed by atoms with E-state index in [0.717, 1.165) is 21.0 Å². The van der Waals surface area contributed by atoms with Gasteiger partial charge in [0.25, 0.3) is 5.91 Å². The van der Waals surface area contributed by atoms with Gasteiger partial charge in [0.05, 0.1) is 10.9 Å². The molecule has 7 heteroatoms. The van der Waals surface area contributed by atoms with Crippen molar-refractivity contribution in [2.75, 3.05) is 13.1 Å². The molecule has 2 aromatic heterocycles. The molecule has 1 amide bonds. The zero-order chi connectivity index (χ0) is 13.6. The Morgan fingerprint density at radius 3 is 2.74 bits per heavy atom. The molecule has 0 radical (unpaired) electrons. The van der Waals surface area contributed by atoms with Crippen LogP contribution in [0.4, 0.5) is 0 Å². The molecular formula is C12H13BrN4OS. The Morgan fingerprint density at radius 1 is 1.47 bits per heavy atom. The smallest absolute Gasteiger partial charge is 0.264 e. The zero-order valence-corrected chi connectivity index (χ0v) is 13.0. The van der Waals surface area contributed by atoms with Crippen molar-refractivity contribution in [3.8, 4) is 0 Å². The summed E-state index contributed by atoms with van der Waals surface area (Å²) in [7, 11) is 0. The van der Waals surface area contributed by atoms with E-state index in [2.05, 4.69) is 26.0 Å². The van der Waals surface area contributed by atoms with E-state index in [1.807, 2.05) is 34.9 Å². The van der Waals surface area contributed by atoms with Crippen molar-refractivity contribution < 1.29 is 4.79 Å². The summed E-state index contributed by atoms with van der Waals surface area (Å²) in [4.78, 5) is 19.1. The van der Waals surface area contributed by atoms with Crippen molar-refractivity contribution in [3.05, 3.63) is 32.4 Å². The number of aromatic nitrogens is 3. The maximum atomic E-state index is 12.2. The normalized spacial score (nSPS) is 15.6. The SMILES string of the molecule is Cc1nc(C)n(C2CN(C(=O)c3cc(Br)cs3)C2)n1. The van der Waals surface area contributed by atoms with Gasteiger partial charge >= 0.3 is 0 Å². The highest BCUT2D eigenvalue weighted by Gasteiger charge is 2.34. The second-order valence-corrected chi connectivity index (χ2v) is 6.47. The van der Waals surface area contributed by atoms with E-state index in [0.29, 0.717) is 13.1 Å². The number of hydrogen-bond acceptors (Lipinski definition) is 4. The van der Waals surface area contributed by atoms with Crippen LogP contribution in [0.5, 0.6) is 0 Å². The molecule has 0 aliphatic carbocycles. The van der Waals surface area contributed by atoms with Gasteiger partial charge < -0.3 is 4.90 Å². The number of hydrogen-bond donors (Lipinski definition) is 0. The summed E-state index contributed by atoms with van der Waals surface area (Å²) < 4.78 is 2.88. The summed E-state index contributed by atoms with van der Waals surface area (Å²) in [6, 6.07) is 2.12. The molecule has 1 aliphatic heterocycles. The van der Waals surface area contributed by atoms with Crippen molar-refractivity contribution in [1.29, 1.82) is 0 Å². The second kappa shape index (κ2) is 4.72. The van der Waals surface area contributed by atoms with E-state index in [-0.39, 0.29) is 11.9 Å². The van der Waals surface area contributed by atoms with E-state index in [4.69, 9.17) is 0 Å². The van der Waals surface area contributed by atoms with Crippen LogP contribution in [0, 0.1) is 13.8 Å². The van der Waals surface area contributed by atoms with Crippen LogP contribution in [0.15, 0.2) is 15.9 Å². The summed E-state index contributed by atoms with van der Waals surface area (Å²) in [6.45, 7) is 5.24. The summed E-state index contributed by atoms with van der Waals surface area (Å²) in [5.74, 6) is 1.79. The Labute approximate surface area is 123 Å². The zero-order valence-electron chi connectivity index (χ0n) is 10.6. The number of rotatable bonds is 2. The van der Waals surface area contributed by atoms with E-state index >= 15 is 0 Å². The molecular weight excluding hydrogens is 328 g/mol. The Hall–Kier alpha value is -1.21. The highest BCUT2D eigenvalue weighted by Crippen LogP contribution is 2.27. The van der Waals surface area contributed by atoms with Crippen LogP contribution in [-0.4, -0.2) is 38.7 Å². The summed E-state index contributed by atoms with van der Waals surface area (Å²) in [6.07, 6.45) is 0. The molecule has 3 heterocycles. The molecule has 0 atom stereocenters. The van der Waals surface area contributed by atoms with Crippen molar-refractivity contribution in [1.82, 2.24) is 19.7 Å². The van der Waals surface area contributed by atoms with E-state index in [9.17, 15) is 4.79 Å². The minimum Gasteiger partial charge on any atom is -0.334 e. The van der Waals surface area contributed by atoms with Gasteiger partial charge in [-0.05, 0) is 35.8 Å². The summed E-state index contributed by atoms with van der Waals surface area (Å²) in [5, 5.41) is 6.29. The molecule has 0 aromatic carbocycles. The number of nitrogens with zero attached hydrogens (tertiary/aromatic N) is 4. The minimum atomic E-state index is 0.0986. The highest BCUT2D eigenvalue weighted by molar-refractivity contribution is 9.10. The number of carbonyl (C=O) groups is 1. The van der Waals surface area contributed by atoms with Crippen molar-refractivity contribution in [3.63, 3.8) is 0 Å². The van der Waals surface area contributed by atoms with Gasteiger partial charge in [-0.25, -0.2) is 9.67 Å². The van der Waals surface area contributed by atoms with Gasteiger partial charge in [0, 0.05) is 22.9 Å². The van der Waals surface area contributed by atoms with E-state index in [1.54, 1.807) is 0 Å². The fraction of sp³-hybridized carbons (Fsp3) is 0.417. The predicted octanol–water partition coefficient (Wildman–Crippen LogP) is 2.42. The maximum absolute atomic E-state index is 12.2. The number of carbonyl (C=O) groups excluding carboxylic acids is 1. The topological polar surface area (TPSA) is 51.0 Å². The predicted molar refractivity (Wildman–Crippen MR) is 76.5 cm³/mol. The van der Waals surface area contributed by atoms with Gasteiger partial charge in [0.1, 0.15) is 11.6 Å². The van der Waals surface area contributed by atoms with Crippen molar-refractivity contribution in [2.24, 2.45) is 0 Å². The third-order valence-electron chi connectivity index (χ3n) is 3.18. The molecule has 1 aliphatic rings. The van der Waals surface area contributed by atoms with E-state index in [1.165, 1.54) is 11.3 Å². The highest BCUT2D eigenvalue weighted by atomic mass is 79.9. The van der Waals surface area contributed by atoms with Crippen LogP contribution in [0.25, 0.3) is 0 Å². The average molecular weight is 341 g/mol. The Balaban J connectivity index is 1.67. The number of thiophene rings is 1. The largest absolute Gasteiger partial charge is 0.334 e. The number of halogens is 1.